The Balaban J connectivity index is 2.11. The van der Waals surface area contributed by atoms with Crippen molar-refractivity contribution in [3.05, 3.63) is 0 Å². The van der Waals surface area contributed by atoms with Crippen LogP contribution in [0.3, 0.4) is 0 Å². The predicted molar refractivity (Wildman–Crippen MR) is 46.3 cm³/mol. The van der Waals surface area contributed by atoms with E-state index >= 15 is 0 Å². The third-order valence-corrected chi connectivity index (χ3v) is 3.80. The van der Waals surface area contributed by atoms with Gasteiger partial charge in [-0.25, -0.2) is 0 Å². The van der Waals surface area contributed by atoms with Crippen molar-refractivity contribution in [3.8, 4) is 0 Å². The second-order valence-electron chi connectivity index (χ2n) is 4.50. The van der Waals surface area contributed by atoms with Crippen molar-refractivity contribution in [3.63, 3.8) is 0 Å². The summed E-state index contributed by atoms with van der Waals surface area (Å²) < 4.78 is 0. The Labute approximate surface area is 68.5 Å². The Morgan fingerprint density at radius 1 is 1.55 bits per heavy atom. The molecule has 1 saturated heterocycles. The fraction of sp³-hybridized carbons (Fsp3) is 1.00. The first-order valence-corrected chi connectivity index (χ1v) is 4.63. The second kappa shape index (κ2) is 2.20. The molecule has 64 valence electrons. The Bertz CT molecular complexity index is 165. The minimum Gasteiger partial charge on any atom is -0.330 e. The van der Waals surface area contributed by atoms with E-state index in [1.807, 2.05) is 0 Å². The SMILES string of the molecule is C[C@@]12CNCCC[C@]1(CN)C2. The van der Waals surface area contributed by atoms with E-state index in [2.05, 4.69) is 12.2 Å². The van der Waals surface area contributed by atoms with Crippen LogP contribution in [0.2, 0.25) is 0 Å². The third-order valence-electron chi connectivity index (χ3n) is 3.80. The van der Waals surface area contributed by atoms with Gasteiger partial charge in [-0.1, -0.05) is 6.92 Å². The van der Waals surface area contributed by atoms with Crippen LogP contribution < -0.4 is 11.1 Å². The van der Waals surface area contributed by atoms with E-state index in [4.69, 9.17) is 5.73 Å². The van der Waals surface area contributed by atoms with Gasteiger partial charge in [-0.3, -0.25) is 0 Å². The number of hydrogen-bond donors (Lipinski definition) is 2. The maximum atomic E-state index is 5.81. The monoisotopic (exact) mass is 154 g/mol. The van der Waals surface area contributed by atoms with Gasteiger partial charge in [0.15, 0.2) is 0 Å². The van der Waals surface area contributed by atoms with Crippen LogP contribution in [-0.4, -0.2) is 19.6 Å². The Kier molecular flexibility index (Phi) is 1.52. The molecule has 2 atom stereocenters. The van der Waals surface area contributed by atoms with Crippen molar-refractivity contribution in [1.82, 2.24) is 5.32 Å². The van der Waals surface area contributed by atoms with Gasteiger partial charge in [-0.15, -0.1) is 0 Å². The fourth-order valence-corrected chi connectivity index (χ4v) is 2.68. The van der Waals surface area contributed by atoms with Crippen molar-refractivity contribution < 1.29 is 0 Å². The van der Waals surface area contributed by atoms with Crippen LogP contribution in [0.25, 0.3) is 0 Å². The zero-order chi connectivity index (χ0) is 7.95. The maximum absolute atomic E-state index is 5.81. The smallest absolute Gasteiger partial charge is 0.00112 e. The summed E-state index contributed by atoms with van der Waals surface area (Å²) in [6, 6.07) is 0. The quantitative estimate of drug-likeness (QED) is 0.584. The van der Waals surface area contributed by atoms with Crippen molar-refractivity contribution in [1.29, 1.82) is 0 Å². The van der Waals surface area contributed by atoms with Crippen LogP contribution in [0.4, 0.5) is 0 Å². The third kappa shape index (κ3) is 0.926. The van der Waals surface area contributed by atoms with Gasteiger partial charge < -0.3 is 11.1 Å². The molecule has 1 aliphatic heterocycles. The zero-order valence-corrected chi connectivity index (χ0v) is 7.32. The normalized spacial score (nSPS) is 49.6. The van der Waals surface area contributed by atoms with E-state index in [9.17, 15) is 0 Å². The molecule has 3 N–H and O–H groups in total. The first-order valence-electron chi connectivity index (χ1n) is 4.63. The lowest BCUT2D eigenvalue weighted by Crippen LogP contribution is -2.26. The molecule has 1 saturated carbocycles. The van der Waals surface area contributed by atoms with Gasteiger partial charge in [0.05, 0.1) is 0 Å². The number of nitrogens with one attached hydrogen (secondary N) is 1. The number of nitrogens with two attached hydrogens (primary N) is 1. The van der Waals surface area contributed by atoms with Crippen LogP contribution in [0.5, 0.6) is 0 Å². The largest absolute Gasteiger partial charge is 0.330 e. The molecule has 11 heavy (non-hydrogen) atoms. The van der Waals surface area contributed by atoms with Crippen LogP contribution in [-0.2, 0) is 0 Å². The summed E-state index contributed by atoms with van der Waals surface area (Å²) in [5.41, 5.74) is 6.87. The van der Waals surface area contributed by atoms with Gasteiger partial charge in [0.2, 0.25) is 0 Å². The number of hydrogen-bond acceptors (Lipinski definition) is 2. The average molecular weight is 154 g/mol. The van der Waals surface area contributed by atoms with Crippen molar-refractivity contribution in [2.24, 2.45) is 16.6 Å². The minimum atomic E-state index is 0.524. The topological polar surface area (TPSA) is 38.0 Å². The van der Waals surface area contributed by atoms with Crippen LogP contribution >= 0.6 is 0 Å². The Morgan fingerprint density at radius 2 is 2.36 bits per heavy atom. The van der Waals surface area contributed by atoms with Crippen LogP contribution in [0.1, 0.15) is 26.2 Å². The molecule has 1 heterocycles. The first kappa shape index (κ1) is 7.56. The molecule has 0 bridgehead atoms. The Morgan fingerprint density at radius 3 is 3.09 bits per heavy atom. The maximum Gasteiger partial charge on any atom is 0.00112 e. The predicted octanol–water partition coefficient (Wildman–Crippen LogP) is 0.725. The molecular formula is C9H18N2. The summed E-state index contributed by atoms with van der Waals surface area (Å²) in [6.07, 6.45) is 4.00. The molecule has 0 amide bonds. The van der Waals surface area contributed by atoms with E-state index < -0.39 is 0 Å². The molecule has 0 aromatic heterocycles. The van der Waals surface area contributed by atoms with Gasteiger partial charge >= 0.3 is 0 Å². The summed E-state index contributed by atoms with van der Waals surface area (Å²) in [5.74, 6) is 0. The lowest BCUT2D eigenvalue weighted by molar-refractivity contribution is 0.360. The zero-order valence-electron chi connectivity index (χ0n) is 7.32. The summed E-state index contributed by atoms with van der Waals surface area (Å²) >= 11 is 0. The fourth-order valence-electron chi connectivity index (χ4n) is 2.68. The number of fused-ring (bicyclic) bond motifs is 1. The first-order chi connectivity index (χ1) is 5.22. The van der Waals surface area contributed by atoms with Crippen molar-refractivity contribution in [2.45, 2.75) is 26.2 Å². The average Bonchev–Trinajstić information content (AvgIpc) is 2.57. The van der Waals surface area contributed by atoms with Gasteiger partial charge in [-0.05, 0) is 43.2 Å². The van der Waals surface area contributed by atoms with E-state index in [0.29, 0.717) is 10.8 Å². The molecule has 1 aliphatic carbocycles. The van der Waals surface area contributed by atoms with Crippen molar-refractivity contribution in [2.75, 3.05) is 19.6 Å². The van der Waals surface area contributed by atoms with Crippen LogP contribution in [0.15, 0.2) is 0 Å². The molecule has 0 radical (unpaired) electrons. The molecule has 0 spiro atoms. The van der Waals surface area contributed by atoms with Gasteiger partial charge in [0.25, 0.3) is 0 Å². The van der Waals surface area contributed by atoms with Gasteiger partial charge in [0.1, 0.15) is 0 Å². The molecular weight excluding hydrogens is 136 g/mol. The molecule has 2 rings (SSSR count). The molecule has 0 aromatic rings. The van der Waals surface area contributed by atoms with Crippen LogP contribution in [0, 0.1) is 10.8 Å². The van der Waals surface area contributed by atoms with E-state index in [1.54, 1.807) is 0 Å². The van der Waals surface area contributed by atoms with Gasteiger partial charge in [-0.2, -0.15) is 0 Å². The highest BCUT2D eigenvalue weighted by atomic mass is 14.9. The lowest BCUT2D eigenvalue weighted by Gasteiger charge is -2.17. The van der Waals surface area contributed by atoms with E-state index in [-0.39, 0.29) is 0 Å². The van der Waals surface area contributed by atoms with Crippen molar-refractivity contribution >= 4 is 0 Å². The summed E-state index contributed by atoms with van der Waals surface area (Å²) in [5, 5.41) is 3.48. The highest BCUT2D eigenvalue weighted by Crippen LogP contribution is 2.65. The standard InChI is InChI=1S/C9H18N2/c1-8-5-9(8,6-10)3-2-4-11-7-8/h11H,2-7,10H2,1H3/t8-,9-/m1/s1. The Hall–Kier alpha value is -0.0800. The molecule has 2 fully saturated rings. The highest BCUT2D eigenvalue weighted by Gasteiger charge is 2.62. The molecule has 0 unspecified atom stereocenters. The summed E-state index contributed by atoms with van der Waals surface area (Å²) in [6.45, 7) is 5.64. The summed E-state index contributed by atoms with van der Waals surface area (Å²) in [4.78, 5) is 0. The molecule has 2 nitrogen and oxygen atoms in total. The van der Waals surface area contributed by atoms with E-state index in [1.165, 1.54) is 32.4 Å². The number of rotatable bonds is 1. The molecule has 2 aliphatic rings. The molecule has 2 heteroatoms. The minimum absolute atomic E-state index is 0.524. The van der Waals surface area contributed by atoms with E-state index in [0.717, 1.165) is 6.54 Å². The van der Waals surface area contributed by atoms with Gasteiger partial charge in [0, 0.05) is 6.54 Å². The summed E-state index contributed by atoms with van der Waals surface area (Å²) in [7, 11) is 0. The molecule has 0 aromatic carbocycles. The highest BCUT2D eigenvalue weighted by molar-refractivity contribution is 5.14. The second-order valence-corrected chi connectivity index (χ2v) is 4.50. The lowest BCUT2D eigenvalue weighted by atomic mass is 9.91.